The zero-order valence-corrected chi connectivity index (χ0v) is 15.0. The summed E-state index contributed by atoms with van der Waals surface area (Å²) in [5, 5.41) is 2.43. The Balaban J connectivity index is 1.98. The number of esters is 1. The van der Waals surface area contributed by atoms with Gasteiger partial charge in [-0.1, -0.05) is 42.5 Å². The maximum Gasteiger partial charge on any atom is 0.417 e. The summed E-state index contributed by atoms with van der Waals surface area (Å²) in [6, 6.07) is 12.2. The van der Waals surface area contributed by atoms with Crippen molar-refractivity contribution in [1.29, 1.82) is 0 Å². The lowest BCUT2D eigenvalue weighted by Crippen LogP contribution is -2.43. The molecule has 0 aliphatic rings. The van der Waals surface area contributed by atoms with Gasteiger partial charge in [0.1, 0.15) is 0 Å². The topological polar surface area (TPSA) is 72.5 Å². The summed E-state index contributed by atoms with van der Waals surface area (Å²) in [7, 11) is 0. The number of hydrogen-bond acceptors (Lipinski definition) is 4. The maximum absolute atomic E-state index is 13.0. The van der Waals surface area contributed by atoms with E-state index in [1.54, 1.807) is 24.3 Å². The molecule has 2 aromatic carbocycles. The van der Waals surface area contributed by atoms with E-state index in [9.17, 15) is 27.6 Å². The second-order valence-corrected chi connectivity index (χ2v) is 6.04. The average Bonchev–Trinajstić information content (AvgIpc) is 2.65. The molecule has 0 heterocycles. The van der Waals surface area contributed by atoms with Crippen molar-refractivity contribution in [1.82, 2.24) is 5.32 Å². The van der Waals surface area contributed by atoms with Gasteiger partial charge in [0.05, 0.1) is 17.2 Å². The molecule has 5 nitrogen and oxygen atoms in total. The Kier molecular flexibility index (Phi) is 6.92. The molecular formula is C20H18F3NO4. The van der Waals surface area contributed by atoms with Gasteiger partial charge in [0.25, 0.3) is 5.91 Å². The number of carbonyl (C=O) groups excluding carboxylic acids is 3. The first-order chi connectivity index (χ1) is 13.2. The van der Waals surface area contributed by atoms with Gasteiger partial charge in [-0.05, 0) is 31.0 Å². The van der Waals surface area contributed by atoms with E-state index in [4.69, 9.17) is 4.74 Å². The summed E-state index contributed by atoms with van der Waals surface area (Å²) < 4.78 is 43.5. The molecule has 0 aromatic heterocycles. The molecule has 0 aliphatic carbocycles. The number of nitrogens with one attached hydrogen (secondary N) is 1. The largest absolute Gasteiger partial charge is 0.452 e. The Hall–Kier alpha value is -3.16. The number of Topliss-reactive ketones (excluding diaryl/α,β-unsaturated/α-hetero) is 1. The van der Waals surface area contributed by atoms with E-state index < -0.39 is 41.8 Å². The molecule has 2 aromatic rings. The summed E-state index contributed by atoms with van der Waals surface area (Å²) in [5.41, 5.74) is -1.01. The highest BCUT2D eigenvalue weighted by molar-refractivity contribution is 5.93. The zero-order chi connectivity index (χ0) is 20.7. The van der Waals surface area contributed by atoms with E-state index in [1.807, 2.05) is 6.07 Å². The molecule has 28 heavy (non-hydrogen) atoms. The Morgan fingerprint density at radius 2 is 1.61 bits per heavy atom. The van der Waals surface area contributed by atoms with Gasteiger partial charge in [-0.25, -0.2) is 4.79 Å². The molecule has 1 amide bonds. The molecule has 148 valence electrons. The quantitative estimate of drug-likeness (QED) is 0.734. The van der Waals surface area contributed by atoms with Gasteiger partial charge in [-0.2, -0.15) is 13.2 Å². The van der Waals surface area contributed by atoms with E-state index in [-0.39, 0.29) is 12.2 Å². The first-order valence-corrected chi connectivity index (χ1v) is 8.35. The number of ether oxygens (including phenoxy) is 1. The fraction of sp³-hybridized carbons (Fsp3) is 0.250. The molecule has 0 radical (unpaired) electrons. The molecule has 1 atom stereocenters. The monoisotopic (exact) mass is 393 g/mol. The van der Waals surface area contributed by atoms with Crippen molar-refractivity contribution in [2.24, 2.45) is 0 Å². The van der Waals surface area contributed by atoms with Crippen LogP contribution >= 0.6 is 0 Å². The molecule has 8 heteroatoms. The van der Waals surface area contributed by atoms with Crippen molar-refractivity contribution in [3.8, 4) is 0 Å². The summed E-state index contributed by atoms with van der Waals surface area (Å²) in [6.07, 6.45) is -4.49. The highest BCUT2D eigenvalue weighted by atomic mass is 19.4. The third-order valence-electron chi connectivity index (χ3n) is 3.90. The van der Waals surface area contributed by atoms with Gasteiger partial charge in [-0.3, -0.25) is 9.59 Å². The predicted octanol–water partition coefficient (Wildman–Crippen LogP) is 3.18. The summed E-state index contributed by atoms with van der Waals surface area (Å²) in [6.45, 7) is 0.503. The zero-order valence-electron chi connectivity index (χ0n) is 15.0. The predicted molar refractivity (Wildman–Crippen MR) is 94.5 cm³/mol. The number of ketones is 1. The number of halogens is 3. The second kappa shape index (κ2) is 9.16. The Morgan fingerprint density at radius 1 is 1.00 bits per heavy atom. The SMILES string of the molecule is CC(=O)[C@H](Cc1ccccc1)NC(=O)COC(=O)c1ccccc1C(F)(F)F. The highest BCUT2D eigenvalue weighted by Gasteiger charge is 2.35. The van der Waals surface area contributed by atoms with Crippen LogP contribution in [0.4, 0.5) is 13.2 Å². The molecule has 0 bridgehead atoms. The van der Waals surface area contributed by atoms with Crippen LogP contribution in [0.2, 0.25) is 0 Å². The lowest BCUT2D eigenvalue weighted by molar-refractivity contribution is -0.138. The molecule has 0 unspecified atom stereocenters. The molecule has 2 rings (SSSR count). The van der Waals surface area contributed by atoms with Crippen LogP contribution in [0, 0.1) is 0 Å². The van der Waals surface area contributed by atoms with Crippen molar-refractivity contribution >= 4 is 17.7 Å². The maximum atomic E-state index is 13.0. The number of hydrogen-bond donors (Lipinski definition) is 1. The van der Waals surface area contributed by atoms with Crippen molar-refractivity contribution in [2.45, 2.75) is 25.6 Å². The smallest absolute Gasteiger partial charge is 0.417 e. The molecular weight excluding hydrogens is 375 g/mol. The van der Waals surface area contributed by atoms with Crippen molar-refractivity contribution in [3.05, 3.63) is 71.3 Å². The van der Waals surface area contributed by atoms with Gasteiger partial charge in [0, 0.05) is 0 Å². The Bertz CT molecular complexity index is 850. The molecule has 0 fully saturated rings. The van der Waals surface area contributed by atoms with E-state index in [2.05, 4.69) is 5.32 Å². The van der Waals surface area contributed by atoms with Gasteiger partial charge < -0.3 is 10.1 Å². The van der Waals surface area contributed by atoms with E-state index in [1.165, 1.54) is 13.0 Å². The first-order valence-electron chi connectivity index (χ1n) is 8.35. The van der Waals surface area contributed by atoms with Crippen LogP contribution in [-0.2, 0) is 26.9 Å². The first kappa shape index (κ1) is 21.1. The normalized spacial score (nSPS) is 12.1. The third-order valence-corrected chi connectivity index (χ3v) is 3.90. The van der Waals surface area contributed by atoms with Crippen LogP contribution in [0.15, 0.2) is 54.6 Å². The number of amides is 1. The standard InChI is InChI=1S/C20H18F3NO4/c1-13(25)17(11-14-7-3-2-4-8-14)24-18(26)12-28-19(27)15-9-5-6-10-16(15)20(21,22)23/h2-10,17H,11-12H2,1H3,(H,24,26)/t17-/m0/s1. The minimum Gasteiger partial charge on any atom is -0.452 e. The fourth-order valence-electron chi connectivity index (χ4n) is 2.50. The number of carbonyl (C=O) groups is 3. The van der Waals surface area contributed by atoms with Crippen molar-refractivity contribution in [2.75, 3.05) is 6.61 Å². The van der Waals surface area contributed by atoms with E-state index in [0.717, 1.165) is 23.8 Å². The molecule has 1 N–H and O–H groups in total. The van der Waals surface area contributed by atoms with Gasteiger partial charge >= 0.3 is 12.1 Å². The molecule has 0 aliphatic heterocycles. The minimum atomic E-state index is -4.73. The summed E-state index contributed by atoms with van der Waals surface area (Å²) in [5.74, 6) is -2.36. The molecule has 0 saturated carbocycles. The van der Waals surface area contributed by atoms with Crippen LogP contribution in [-0.4, -0.2) is 30.3 Å². The van der Waals surface area contributed by atoms with Crippen LogP contribution in [0.5, 0.6) is 0 Å². The Labute approximate surface area is 159 Å². The lowest BCUT2D eigenvalue weighted by Gasteiger charge is -2.16. The third kappa shape index (κ3) is 5.94. The lowest BCUT2D eigenvalue weighted by atomic mass is 10.0. The molecule has 0 saturated heterocycles. The van der Waals surface area contributed by atoms with Crippen LogP contribution in [0.25, 0.3) is 0 Å². The van der Waals surface area contributed by atoms with Crippen molar-refractivity contribution < 1.29 is 32.3 Å². The molecule has 0 spiro atoms. The van der Waals surface area contributed by atoms with E-state index in [0.29, 0.717) is 0 Å². The Morgan fingerprint density at radius 3 is 2.21 bits per heavy atom. The van der Waals surface area contributed by atoms with Crippen LogP contribution < -0.4 is 5.32 Å². The second-order valence-electron chi connectivity index (χ2n) is 6.04. The van der Waals surface area contributed by atoms with Gasteiger partial charge in [0.2, 0.25) is 0 Å². The highest BCUT2D eigenvalue weighted by Crippen LogP contribution is 2.32. The fourth-order valence-corrected chi connectivity index (χ4v) is 2.50. The van der Waals surface area contributed by atoms with Crippen LogP contribution in [0.1, 0.15) is 28.4 Å². The summed E-state index contributed by atoms with van der Waals surface area (Å²) in [4.78, 5) is 35.7. The van der Waals surface area contributed by atoms with Crippen molar-refractivity contribution in [3.63, 3.8) is 0 Å². The van der Waals surface area contributed by atoms with Gasteiger partial charge in [-0.15, -0.1) is 0 Å². The number of benzene rings is 2. The summed E-state index contributed by atoms with van der Waals surface area (Å²) >= 11 is 0. The number of rotatable bonds is 7. The van der Waals surface area contributed by atoms with Gasteiger partial charge in [0.15, 0.2) is 12.4 Å². The average molecular weight is 393 g/mol. The van der Waals surface area contributed by atoms with Crippen LogP contribution in [0.3, 0.4) is 0 Å². The number of alkyl halides is 3. The minimum absolute atomic E-state index is 0.243. The van der Waals surface area contributed by atoms with E-state index >= 15 is 0 Å².